The van der Waals surface area contributed by atoms with Crippen LogP contribution in [0.15, 0.2) is 0 Å². The van der Waals surface area contributed by atoms with Crippen molar-refractivity contribution in [2.75, 3.05) is 0 Å². The SMILES string of the molecule is CC(C)C1CCC(C)(C)C(C2CCCCC2)C1. The number of rotatable bonds is 2. The van der Waals surface area contributed by atoms with Gasteiger partial charge in [-0.3, -0.25) is 0 Å². The van der Waals surface area contributed by atoms with Crippen LogP contribution in [0.25, 0.3) is 0 Å². The van der Waals surface area contributed by atoms with E-state index in [4.69, 9.17) is 0 Å². The van der Waals surface area contributed by atoms with Gasteiger partial charge in [-0.1, -0.05) is 59.8 Å². The average molecular weight is 236 g/mol. The van der Waals surface area contributed by atoms with Crippen LogP contribution in [0.1, 0.15) is 79.1 Å². The zero-order chi connectivity index (χ0) is 12.5. The molecule has 0 heterocycles. The molecule has 2 aliphatic carbocycles. The quantitative estimate of drug-likeness (QED) is 0.580. The third-order valence-electron chi connectivity index (χ3n) is 5.88. The Morgan fingerprint density at radius 2 is 1.59 bits per heavy atom. The Bertz CT molecular complexity index is 232. The van der Waals surface area contributed by atoms with E-state index in [0.29, 0.717) is 5.41 Å². The molecule has 0 saturated heterocycles. The lowest BCUT2D eigenvalue weighted by atomic mass is 9.57. The van der Waals surface area contributed by atoms with Gasteiger partial charge in [0.25, 0.3) is 0 Å². The molecular weight excluding hydrogens is 204 g/mol. The van der Waals surface area contributed by atoms with Crippen molar-refractivity contribution in [3.05, 3.63) is 0 Å². The van der Waals surface area contributed by atoms with Crippen LogP contribution in [0.2, 0.25) is 0 Å². The highest BCUT2D eigenvalue weighted by Crippen LogP contribution is 2.51. The summed E-state index contributed by atoms with van der Waals surface area (Å²) in [6, 6.07) is 0. The molecule has 2 atom stereocenters. The second kappa shape index (κ2) is 5.33. The predicted octanol–water partition coefficient (Wildman–Crippen LogP) is 5.67. The highest BCUT2D eigenvalue weighted by Gasteiger charge is 2.41. The van der Waals surface area contributed by atoms with E-state index in [2.05, 4.69) is 27.7 Å². The van der Waals surface area contributed by atoms with Crippen molar-refractivity contribution in [1.29, 1.82) is 0 Å². The maximum absolute atomic E-state index is 2.54. The Balaban J connectivity index is 2.04. The largest absolute Gasteiger partial charge is 0.0625 e. The molecule has 2 fully saturated rings. The van der Waals surface area contributed by atoms with Gasteiger partial charge in [0.05, 0.1) is 0 Å². The summed E-state index contributed by atoms with van der Waals surface area (Å²) in [6.45, 7) is 9.95. The molecule has 0 aromatic carbocycles. The lowest BCUT2D eigenvalue weighted by Crippen LogP contribution is -2.38. The van der Waals surface area contributed by atoms with E-state index in [9.17, 15) is 0 Å². The summed E-state index contributed by atoms with van der Waals surface area (Å²) < 4.78 is 0. The van der Waals surface area contributed by atoms with Crippen LogP contribution >= 0.6 is 0 Å². The van der Waals surface area contributed by atoms with Crippen molar-refractivity contribution in [3.8, 4) is 0 Å². The van der Waals surface area contributed by atoms with E-state index in [1.807, 2.05) is 0 Å². The first kappa shape index (κ1) is 13.4. The first-order chi connectivity index (χ1) is 8.00. The summed E-state index contributed by atoms with van der Waals surface area (Å²) in [6.07, 6.45) is 12.0. The van der Waals surface area contributed by atoms with Gasteiger partial charge < -0.3 is 0 Å². The first-order valence-corrected chi connectivity index (χ1v) is 8.00. The topological polar surface area (TPSA) is 0 Å². The van der Waals surface area contributed by atoms with Gasteiger partial charge in [-0.25, -0.2) is 0 Å². The van der Waals surface area contributed by atoms with Crippen LogP contribution in [0, 0.1) is 29.1 Å². The van der Waals surface area contributed by atoms with Crippen LogP contribution in [0.4, 0.5) is 0 Å². The maximum atomic E-state index is 2.54. The molecule has 17 heavy (non-hydrogen) atoms. The Morgan fingerprint density at radius 1 is 0.941 bits per heavy atom. The van der Waals surface area contributed by atoms with Crippen molar-refractivity contribution in [3.63, 3.8) is 0 Å². The highest BCUT2D eigenvalue weighted by atomic mass is 14.5. The van der Waals surface area contributed by atoms with Crippen LogP contribution in [-0.4, -0.2) is 0 Å². The van der Waals surface area contributed by atoms with E-state index in [1.165, 1.54) is 51.4 Å². The molecule has 2 saturated carbocycles. The summed E-state index contributed by atoms with van der Waals surface area (Å²) in [5.74, 6) is 3.98. The van der Waals surface area contributed by atoms with E-state index in [0.717, 1.165) is 23.7 Å². The smallest absolute Gasteiger partial charge is 0.0323 e. The summed E-state index contributed by atoms with van der Waals surface area (Å²) in [5.41, 5.74) is 0.618. The fourth-order valence-corrected chi connectivity index (χ4v) is 4.48. The molecule has 2 rings (SSSR count). The lowest BCUT2D eigenvalue weighted by molar-refractivity contribution is 0.0227. The molecule has 0 aliphatic heterocycles. The molecule has 0 radical (unpaired) electrons. The van der Waals surface area contributed by atoms with E-state index in [-0.39, 0.29) is 0 Å². The van der Waals surface area contributed by atoms with Crippen LogP contribution < -0.4 is 0 Å². The highest BCUT2D eigenvalue weighted by molar-refractivity contribution is 4.91. The fraction of sp³-hybridized carbons (Fsp3) is 1.00. The Hall–Kier alpha value is 0. The third kappa shape index (κ3) is 3.06. The Labute approximate surface area is 109 Å². The molecule has 0 spiro atoms. The maximum Gasteiger partial charge on any atom is -0.0323 e. The number of hydrogen-bond acceptors (Lipinski definition) is 0. The molecule has 0 amide bonds. The second-order valence-corrected chi connectivity index (χ2v) is 7.77. The zero-order valence-corrected chi connectivity index (χ0v) is 12.5. The lowest BCUT2D eigenvalue weighted by Gasteiger charge is -2.48. The monoisotopic (exact) mass is 236 g/mol. The van der Waals surface area contributed by atoms with Crippen LogP contribution in [-0.2, 0) is 0 Å². The van der Waals surface area contributed by atoms with Gasteiger partial charge in [0.2, 0.25) is 0 Å². The van der Waals surface area contributed by atoms with Gasteiger partial charge in [-0.05, 0) is 48.3 Å². The van der Waals surface area contributed by atoms with E-state index < -0.39 is 0 Å². The summed E-state index contributed by atoms with van der Waals surface area (Å²) in [7, 11) is 0. The molecule has 0 aromatic rings. The van der Waals surface area contributed by atoms with Gasteiger partial charge in [0, 0.05) is 0 Å². The van der Waals surface area contributed by atoms with Crippen molar-refractivity contribution in [1.82, 2.24) is 0 Å². The molecule has 2 aliphatic rings. The van der Waals surface area contributed by atoms with Crippen molar-refractivity contribution < 1.29 is 0 Å². The Morgan fingerprint density at radius 3 is 2.18 bits per heavy atom. The minimum Gasteiger partial charge on any atom is -0.0625 e. The molecule has 0 N–H and O–H groups in total. The minimum absolute atomic E-state index is 0.618. The van der Waals surface area contributed by atoms with Gasteiger partial charge in [-0.2, -0.15) is 0 Å². The Kier molecular flexibility index (Phi) is 4.21. The molecule has 0 heteroatoms. The number of hydrogen-bond donors (Lipinski definition) is 0. The molecule has 0 bridgehead atoms. The van der Waals surface area contributed by atoms with Crippen molar-refractivity contribution >= 4 is 0 Å². The zero-order valence-electron chi connectivity index (χ0n) is 12.5. The van der Waals surface area contributed by atoms with E-state index >= 15 is 0 Å². The van der Waals surface area contributed by atoms with Gasteiger partial charge >= 0.3 is 0 Å². The third-order valence-corrected chi connectivity index (χ3v) is 5.88. The minimum atomic E-state index is 0.618. The van der Waals surface area contributed by atoms with Crippen LogP contribution in [0.3, 0.4) is 0 Å². The summed E-state index contributed by atoms with van der Waals surface area (Å²) in [4.78, 5) is 0. The second-order valence-electron chi connectivity index (χ2n) is 7.77. The van der Waals surface area contributed by atoms with Gasteiger partial charge in [0.15, 0.2) is 0 Å². The normalized spacial score (nSPS) is 35.1. The standard InChI is InChI=1S/C17H32/c1-13(2)15-10-11-17(3,4)16(12-15)14-8-6-5-7-9-14/h13-16H,5-12H2,1-4H3. The molecular formula is C17H32. The van der Waals surface area contributed by atoms with Gasteiger partial charge in [0.1, 0.15) is 0 Å². The van der Waals surface area contributed by atoms with Crippen molar-refractivity contribution in [2.45, 2.75) is 79.1 Å². The van der Waals surface area contributed by atoms with Crippen LogP contribution in [0.5, 0.6) is 0 Å². The molecule has 2 unspecified atom stereocenters. The van der Waals surface area contributed by atoms with Gasteiger partial charge in [-0.15, -0.1) is 0 Å². The molecule has 0 aromatic heterocycles. The fourth-order valence-electron chi connectivity index (χ4n) is 4.48. The molecule has 0 nitrogen and oxygen atoms in total. The van der Waals surface area contributed by atoms with E-state index in [1.54, 1.807) is 0 Å². The summed E-state index contributed by atoms with van der Waals surface area (Å²) in [5, 5.41) is 0. The molecule has 100 valence electrons. The summed E-state index contributed by atoms with van der Waals surface area (Å²) >= 11 is 0. The average Bonchev–Trinajstić information content (AvgIpc) is 2.29. The predicted molar refractivity (Wildman–Crippen MR) is 76.0 cm³/mol. The van der Waals surface area contributed by atoms with Crippen molar-refractivity contribution in [2.24, 2.45) is 29.1 Å². The first-order valence-electron chi connectivity index (χ1n) is 8.00.